The normalized spacial score (nSPS) is 14.3. The molecule has 0 aliphatic heterocycles. The van der Waals surface area contributed by atoms with Crippen molar-refractivity contribution in [2.45, 2.75) is 50.2 Å². The average Bonchev–Trinajstić information content (AvgIpc) is 3.48. The molecule has 32 heavy (non-hydrogen) atoms. The van der Waals surface area contributed by atoms with Gasteiger partial charge in [0.2, 0.25) is 11.7 Å². The fraction of sp³-hybridized carbons (Fsp3) is 0.391. The number of para-hydroxylation sites is 1. The molecule has 1 amide bonds. The lowest BCUT2D eigenvalue weighted by molar-refractivity contribution is -0.113. The van der Waals surface area contributed by atoms with Crippen molar-refractivity contribution in [1.29, 1.82) is 0 Å². The zero-order valence-electron chi connectivity index (χ0n) is 18.0. The smallest absolute Gasteiger partial charge is 0.340 e. The maximum Gasteiger partial charge on any atom is 0.340 e. The molecule has 1 aliphatic carbocycles. The number of anilines is 1. The predicted molar refractivity (Wildman–Crippen MR) is 122 cm³/mol. The highest BCUT2D eigenvalue weighted by molar-refractivity contribution is 7.99. The zero-order chi connectivity index (χ0) is 22.3. The van der Waals surface area contributed by atoms with Crippen LogP contribution in [0.25, 0.3) is 11.6 Å². The number of carbonyl (C=O) groups excluding carboxylic acids is 2. The molecule has 168 valence electrons. The van der Waals surface area contributed by atoms with Gasteiger partial charge in [0.15, 0.2) is 10.9 Å². The molecule has 0 unspecified atom stereocenters. The Morgan fingerprint density at radius 2 is 1.97 bits per heavy atom. The summed E-state index contributed by atoms with van der Waals surface area (Å²) in [6.07, 6.45) is 7.29. The van der Waals surface area contributed by atoms with Crippen LogP contribution in [0.2, 0.25) is 0 Å². The van der Waals surface area contributed by atoms with Gasteiger partial charge in [-0.15, -0.1) is 10.2 Å². The number of esters is 1. The van der Waals surface area contributed by atoms with Crippen molar-refractivity contribution < 1.29 is 18.7 Å². The second kappa shape index (κ2) is 10.5. The fourth-order valence-corrected chi connectivity index (χ4v) is 4.72. The third-order valence-electron chi connectivity index (χ3n) is 5.37. The summed E-state index contributed by atoms with van der Waals surface area (Å²) in [6.45, 7) is 2.01. The number of benzene rings is 1. The summed E-state index contributed by atoms with van der Waals surface area (Å²) in [5, 5.41) is 12.2. The van der Waals surface area contributed by atoms with Crippen LogP contribution in [0.1, 0.15) is 55.4 Å². The molecule has 2 heterocycles. The van der Waals surface area contributed by atoms with Crippen LogP contribution in [-0.4, -0.2) is 39.0 Å². The van der Waals surface area contributed by atoms with E-state index in [9.17, 15) is 9.59 Å². The highest BCUT2D eigenvalue weighted by Gasteiger charge is 2.25. The summed E-state index contributed by atoms with van der Waals surface area (Å²) < 4.78 is 12.8. The molecule has 3 aromatic rings. The van der Waals surface area contributed by atoms with Crippen LogP contribution < -0.4 is 5.32 Å². The van der Waals surface area contributed by atoms with E-state index in [0.717, 1.165) is 25.7 Å². The Morgan fingerprint density at radius 1 is 1.16 bits per heavy atom. The second-order valence-corrected chi connectivity index (χ2v) is 8.49. The number of nitrogens with zero attached hydrogens (tertiary/aromatic N) is 3. The number of hydrogen-bond donors (Lipinski definition) is 1. The van der Waals surface area contributed by atoms with Crippen molar-refractivity contribution in [3.05, 3.63) is 48.2 Å². The summed E-state index contributed by atoms with van der Waals surface area (Å²) >= 11 is 1.33. The maximum atomic E-state index is 12.7. The van der Waals surface area contributed by atoms with E-state index in [1.807, 2.05) is 12.1 Å². The molecule has 1 saturated carbocycles. The van der Waals surface area contributed by atoms with Gasteiger partial charge in [-0.25, -0.2) is 4.79 Å². The number of carbonyl (C=O) groups is 2. The SMILES string of the molecule is CCOC(=O)c1ccccc1NC(=O)CSc1nnc(-c2ccco2)n1C1CCCCC1. The first kappa shape index (κ1) is 22.1. The van der Waals surface area contributed by atoms with E-state index in [1.165, 1.54) is 18.2 Å². The summed E-state index contributed by atoms with van der Waals surface area (Å²) in [7, 11) is 0. The second-order valence-electron chi connectivity index (χ2n) is 7.55. The van der Waals surface area contributed by atoms with E-state index in [4.69, 9.17) is 9.15 Å². The lowest BCUT2D eigenvalue weighted by Crippen LogP contribution is -2.19. The van der Waals surface area contributed by atoms with Gasteiger partial charge in [0, 0.05) is 6.04 Å². The van der Waals surface area contributed by atoms with E-state index >= 15 is 0 Å². The van der Waals surface area contributed by atoms with Crippen molar-refractivity contribution in [3.63, 3.8) is 0 Å². The number of aromatic nitrogens is 3. The Morgan fingerprint density at radius 3 is 2.72 bits per heavy atom. The van der Waals surface area contributed by atoms with Crippen LogP contribution >= 0.6 is 11.8 Å². The molecule has 0 spiro atoms. The number of hydrogen-bond acceptors (Lipinski definition) is 7. The quantitative estimate of drug-likeness (QED) is 0.380. The number of thioether (sulfide) groups is 1. The molecule has 0 saturated heterocycles. The number of amides is 1. The van der Waals surface area contributed by atoms with Gasteiger partial charge in [-0.3, -0.25) is 9.36 Å². The molecular formula is C23H26N4O4S. The van der Waals surface area contributed by atoms with Crippen LogP contribution in [0.4, 0.5) is 5.69 Å². The monoisotopic (exact) mass is 454 g/mol. The number of rotatable bonds is 8. The molecule has 0 radical (unpaired) electrons. The van der Waals surface area contributed by atoms with E-state index < -0.39 is 5.97 Å². The summed E-state index contributed by atoms with van der Waals surface area (Å²) in [4.78, 5) is 24.8. The maximum absolute atomic E-state index is 12.7. The Hall–Kier alpha value is -3.07. The average molecular weight is 455 g/mol. The molecule has 1 aliphatic rings. The minimum atomic E-state index is -0.462. The predicted octanol–water partition coefficient (Wildman–Crippen LogP) is 4.95. The standard InChI is InChI=1S/C23H26N4O4S/c1-2-30-22(29)17-11-6-7-12-18(17)24-20(28)15-32-23-26-25-21(19-13-8-14-31-19)27(23)16-9-4-3-5-10-16/h6-8,11-14,16H,2-5,9-10,15H2,1H3,(H,24,28). The summed E-state index contributed by atoms with van der Waals surface area (Å²) in [6, 6.07) is 10.8. The third kappa shape index (κ3) is 5.04. The molecule has 8 nitrogen and oxygen atoms in total. The Kier molecular flexibility index (Phi) is 7.26. The molecule has 9 heteroatoms. The molecule has 1 fully saturated rings. The Labute approximate surface area is 190 Å². The molecule has 0 atom stereocenters. The lowest BCUT2D eigenvalue weighted by atomic mass is 9.95. The first-order valence-corrected chi connectivity index (χ1v) is 11.8. The van der Waals surface area contributed by atoms with Crippen molar-refractivity contribution in [2.75, 3.05) is 17.7 Å². The van der Waals surface area contributed by atoms with Crippen molar-refractivity contribution in [1.82, 2.24) is 14.8 Å². The van der Waals surface area contributed by atoms with Gasteiger partial charge in [0.1, 0.15) is 0 Å². The van der Waals surface area contributed by atoms with Crippen LogP contribution in [0, 0.1) is 0 Å². The number of furan rings is 1. The minimum Gasteiger partial charge on any atom is -0.462 e. The van der Waals surface area contributed by atoms with Gasteiger partial charge in [0.25, 0.3) is 0 Å². The summed E-state index contributed by atoms with van der Waals surface area (Å²) in [5.41, 5.74) is 0.764. The van der Waals surface area contributed by atoms with Crippen molar-refractivity contribution in [2.24, 2.45) is 0 Å². The highest BCUT2D eigenvalue weighted by atomic mass is 32.2. The molecule has 1 N–H and O–H groups in total. The van der Waals surface area contributed by atoms with Crippen LogP contribution in [0.15, 0.2) is 52.2 Å². The topological polar surface area (TPSA) is 99.2 Å². The Balaban J connectivity index is 1.48. The van der Waals surface area contributed by atoms with Crippen LogP contribution in [-0.2, 0) is 9.53 Å². The van der Waals surface area contributed by atoms with E-state index in [1.54, 1.807) is 37.5 Å². The number of ether oxygens (including phenoxy) is 1. The fourth-order valence-electron chi connectivity index (χ4n) is 3.91. The first-order chi connectivity index (χ1) is 15.7. The van der Waals surface area contributed by atoms with Gasteiger partial charge in [-0.2, -0.15) is 0 Å². The zero-order valence-corrected chi connectivity index (χ0v) is 18.8. The molecule has 0 bridgehead atoms. The number of nitrogens with one attached hydrogen (secondary N) is 1. The van der Waals surface area contributed by atoms with E-state index in [0.29, 0.717) is 28.0 Å². The van der Waals surface area contributed by atoms with Crippen molar-refractivity contribution >= 4 is 29.3 Å². The van der Waals surface area contributed by atoms with Crippen LogP contribution in [0.3, 0.4) is 0 Å². The van der Waals surface area contributed by atoms with Gasteiger partial charge < -0.3 is 14.5 Å². The molecule has 1 aromatic carbocycles. The van der Waals surface area contributed by atoms with Gasteiger partial charge in [-0.1, -0.05) is 43.2 Å². The minimum absolute atomic E-state index is 0.139. The molecule has 2 aromatic heterocycles. The first-order valence-electron chi connectivity index (χ1n) is 10.8. The highest BCUT2D eigenvalue weighted by Crippen LogP contribution is 2.35. The van der Waals surface area contributed by atoms with Gasteiger partial charge in [-0.05, 0) is 44.0 Å². The van der Waals surface area contributed by atoms with Crippen LogP contribution in [0.5, 0.6) is 0 Å². The molecule has 4 rings (SSSR count). The van der Waals surface area contributed by atoms with Gasteiger partial charge in [0.05, 0.1) is 29.9 Å². The molecular weight excluding hydrogens is 428 g/mol. The third-order valence-corrected chi connectivity index (χ3v) is 6.32. The summed E-state index contributed by atoms with van der Waals surface area (Å²) in [5.74, 6) is 0.807. The van der Waals surface area contributed by atoms with Crippen molar-refractivity contribution in [3.8, 4) is 11.6 Å². The Bertz CT molecular complexity index is 1060. The largest absolute Gasteiger partial charge is 0.462 e. The lowest BCUT2D eigenvalue weighted by Gasteiger charge is -2.25. The van der Waals surface area contributed by atoms with E-state index in [2.05, 4.69) is 20.1 Å². The van der Waals surface area contributed by atoms with E-state index in [-0.39, 0.29) is 24.3 Å². The van der Waals surface area contributed by atoms with Gasteiger partial charge >= 0.3 is 5.97 Å².